The quantitative estimate of drug-likeness (QED) is 0.470. The fraction of sp³-hybridized carbons (Fsp3) is 0.538. The molecule has 1 heterocycles. The molecule has 4 nitrogen and oxygen atoms in total. The van der Waals surface area contributed by atoms with Gasteiger partial charge in [-0.05, 0) is 44.5 Å². The molecule has 1 aliphatic rings. The molecule has 0 spiro atoms. The molecule has 0 saturated carbocycles. The summed E-state index contributed by atoms with van der Waals surface area (Å²) in [6.07, 6.45) is 5.05. The average molecular weight is 414 g/mol. The first-order valence-corrected chi connectivity index (χ1v) is 11.4. The average Bonchev–Trinajstić information content (AvgIpc) is 2.77. The molecule has 2 aromatic rings. The Morgan fingerprint density at radius 2 is 1.27 bits per heavy atom. The van der Waals surface area contributed by atoms with Gasteiger partial charge in [-0.1, -0.05) is 61.6 Å². The van der Waals surface area contributed by atoms with Crippen molar-refractivity contribution < 1.29 is 14.2 Å². The minimum Gasteiger partial charge on any atom is -0.494 e. The summed E-state index contributed by atoms with van der Waals surface area (Å²) >= 11 is 0. The Labute approximate surface area is 183 Å². The minimum absolute atomic E-state index is 0.753. The number of aryl methyl sites for hydroxylation is 2. The van der Waals surface area contributed by atoms with Crippen molar-refractivity contribution in [3.05, 3.63) is 59.7 Å². The Balaban J connectivity index is 0.000000216. The number of benzene rings is 2. The second-order valence-corrected chi connectivity index (χ2v) is 7.84. The van der Waals surface area contributed by atoms with Gasteiger partial charge in [0, 0.05) is 19.6 Å². The van der Waals surface area contributed by atoms with Crippen molar-refractivity contribution in [1.29, 1.82) is 0 Å². The zero-order valence-corrected chi connectivity index (χ0v) is 19.1. The fourth-order valence-corrected chi connectivity index (χ4v) is 3.11. The summed E-state index contributed by atoms with van der Waals surface area (Å²) in [7, 11) is 0. The molecule has 1 fully saturated rings. The van der Waals surface area contributed by atoms with E-state index >= 15 is 0 Å². The summed E-state index contributed by atoms with van der Waals surface area (Å²) in [6, 6.07) is 16.4. The van der Waals surface area contributed by atoms with E-state index in [1.54, 1.807) is 0 Å². The zero-order chi connectivity index (χ0) is 21.4. The van der Waals surface area contributed by atoms with E-state index in [2.05, 4.69) is 49.9 Å². The van der Waals surface area contributed by atoms with Crippen LogP contribution in [0.25, 0.3) is 0 Å². The summed E-state index contributed by atoms with van der Waals surface area (Å²) in [5.74, 6) is 1.95. The van der Waals surface area contributed by atoms with Gasteiger partial charge in [-0.3, -0.25) is 4.90 Å². The van der Waals surface area contributed by atoms with Crippen molar-refractivity contribution in [1.82, 2.24) is 4.90 Å². The lowest BCUT2D eigenvalue weighted by Crippen LogP contribution is -2.38. The molecule has 0 amide bonds. The molecule has 4 heteroatoms. The van der Waals surface area contributed by atoms with E-state index in [0.29, 0.717) is 0 Å². The summed E-state index contributed by atoms with van der Waals surface area (Å²) in [5, 5.41) is 0. The van der Waals surface area contributed by atoms with Gasteiger partial charge in [0.15, 0.2) is 0 Å². The molecule has 0 aromatic heterocycles. The third-order valence-corrected chi connectivity index (χ3v) is 5.09. The first kappa shape index (κ1) is 24.2. The van der Waals surface area contributed by atoms with E-state index in [1.165, 1.54) is 36.8 Å². The minimum atomic E-state index is 0.753. The number of hydrogen-bond acceptors (Lipinski definition) is 4. The van der Waals surface area contributed by atoms with E-state index in [4.69, 9.17) is 14.2 Å². The van der Waals surface area contributed by atoms with Crippen LogP contribution >= 0.6 is 0 Å². The smallest absolute Gasteiger partial charge is 0.119 e. The topological polar surface area (TPSA) is 30.9 Å². The van der Waals surface area contributed by atoms with Gasteiger partial charge in [-0.25, -0.2) is 0 Å². The van der Waals surface area contributed by atoms with Crippen molar-refractivity contribution in [3.8, 4) is 11.5 Å². The highest BCUT2D eigenvalue weighted by atomic mass is 16.5. The van der Waals surface area contributed by atoms with Crippen LogP contribution in [0.3, 0.4) is 0 Å². The second kappa shape index (κ2) is 14.9. The van der Waals surface area contributed by atoms with Gasteiger partial charge in [-0.2, -0.15) is 0 Å². The van der Waals surface area contributed by atoms with Crippen molar-refractivity contribution in [3.63, 3.8) is 0 Å². The highest BCUT2D eigenvalue weighted by Crippen LogP contribution is 2.12. The first-order valence-electron chi connectivity index (χ1n) is 11.4. The molecule has 0 N–H and O–H groups in total. The van der Waals surface area contributed by atoms with Gasteiger partial charge in [0.05, 0.1) is 19.8 Å². The Kier molecular flexibility index (Phi) is 12.0. The number of ether oxygens (including phenoxy) is 3. The second-order valence-electron chi connectivity index (χ2n) is 7.84. The number of hydrogen-bond donors (Lipinski definition) is 0. The molecule has 1 aliphatic heterocycles. The van der Waals surface area contributed by atoms with E-state index in [1.807, 2.05) is 24.3 Å². The van der Waals surface area contributed by atoms with Crippen LogP contribution in [0.4, 0.5) is 0 Å². The molecule has 0 unspecified atom stereocenters. The van der Waals surface area contributed by atoms with Gasteiger partial charge >= 0.3 is 0 Å². The van der Waals surface area contributed by atoms with Crippen LogP contribution in [0.15, 0.2) is 48.5 Å². The van der Waals surface area contributed by atoms with E-state index in [9.17, 15) is 0 Å². The van der Waals surface area contributed by atoms with Crippen molar-refractivity contribution in [2.75, 3.05) is 46.1 Å². The zero-order valence-electron chi connectivity index (χ0n) is 19.1. The van der Waals surface area contributed by atoms with Crippen molar-refractivity contribution in [2.24, 2.45) is 0 Å². The van der Waals surface area contributed by atoms with Gasteiger partial charge in [0.25, 0.3) is 0 Å². The monoisotopic (exact) mass is 413 g/mol. The summed E-state index contributed by atoms with van der Waals surface area (Å²) < 4.78 is 16.6. The lowest BCUT2D eigenvalue weighted by atomic mass is 10.2. The van der Waals surface area contributed by atoms with Crippen LogP contribution < -0.4 is 9.47 Å². The van der Waals surface area contributed by atoms with Crippen LogP contribution in [0.1, 0.15) is 43.7 Å². The molecule has 0 aliphatic carbocycles. The van der Waals surface area contributed by atoms with Crippen molar-refractivity contribution >= 4 is 0 Å². The Hall–Kier alpha value is -2.04. The van der Waals surface area contributed by atoms with Crippen LogP contribution in [-0.2, 0) is 4.74 Å². The maximum Gasteiger partial charge on any atom is 0.119 e. The van der Waals surface area contributed by atoms with E-state index in [-0.39, 0.29) is 0 Å². The van der Waals surface area contributed by atoms with Gasteiger partial charge in [0.2, 0.25) is 0 Å². The number of rotatable bonds is 10. The maximum atomic E-state index is 5.68. The molecule has 3 rings (SSSR count). The summed E-state index contributed by atoms with van der Waals surface area (Å²) in [6.45, 7) is 12.7. The molecular formula is C26H39NO3. The molecule has 30 heavy (non-hydrogen) atoms. The Bertz CT molecular complexity index is 664. The molecule has 166 valence electrons. The predicted molar refractivity (Wildman–Crippen MR) is 125 cm³/mol. The van der Waals surface area contributed by atoms with Crippen LogP contribution in [-0.4, -0.2) is 51.0 Å². The van der Waals surface area contributed by atoms with Gasteiger partial charge in [0.1, 0.15) is 18.1 Å². The standard InChI is InChI=1S/C13H19NO2.C13H20O/c1-12-2-4-13(5-3-12)16-11-8-14-6-9-15-10-7-14;1-3-4-5-6-11-14-13-9-7-12(2)8-10-13/h2-5H,6-11H2,1H3;7-10H,3-6,11H2,1-2H3. The predicted octanol–water partition coefficient (Wildman–Crippen LogP) is 5.66. The summed E-state index contributed by atoms with van der Waals surface area (Å²) in [5.41, 5.74) is 2.55. The van der Waals surface area contributed by atoms with Crippen molar-refractivity contribution in [2.45, 2.75) is 46.5 Å². The van der Waals surface area contributed by atoms with Crippen LogP contribution in [0.5, 0.6) is 11.5 Å². The first-order chi connectivity index (χ1) is 14.7. The largest absolute Gasteiger partial charge is 0.494 e. The SMILES string of the molecule is CCCCCCOc1ccc(C)cc1.Cc1ccc(OCCN2CCOCC2)cc1. The van der Waals surface area contributed by atoms with E-state index < -0.39 is 0 Å². The maximum absolute atomic E-state index is 5.68. The molecule has 2 aromatic carbocycles. The Morgan fingerprint density at radius 1 is 0.733 bits per heavy atom. The molecule has 0 radical (unpaired) electrons. The molecule has 0 bridgehead atoms. The van der Waals surface area contributed by atoms with Crippen LogP contribution in [0, 0.1) is 13.8 Å². The summed E-state index contributed by atoms with van der Waals surface area (Å²) in [4.78, 5) is 2.37. The normalized spacial score (nSPS) is 14.0. The molecular weight excluding hydrogens is 374 g/mol. The third-order valence-electron chi connectivity index (χ3n) is 5.09. The number of unbranched alkanes of at least 4 members (excludes halogenated alkanes) is 3. The third kappa shape index (κ3) is 10.7. The fourth-order valence-electron chi connectivity index (χ4n) is 3.11. The van der Waals surface area contributed by atoms with Gasteiger partial charge < -0.3 is 14.2 Å². The lowest BCUT2D eigenvalue weighted by Gasteiger charge is -2.26. The number of morpholine rings is 1. The van der Waals surface area contributed by atoms with Gasteiger partial charge in [-0.15, -0.1) is 0 Å². The molecule has 1 saturated heterocycles. The van der Waals surface area contributed by atoms with Crippen LogP contribution in [0.2, 0.25) is 0 Å². The lowest BCUT2D eigenvalue weighted by molar-refractivity contribution is 0.0322. The highest BCUT2D eigenvalue weighted by molar-refractivity contribution is 5.26. The Morgan fingerprint density at radius 3 is 1.80 bits per heavy atom. The number of nitrogens with zero attached hydrogens (tertiary/aromatic N) is 1. The highest BCUT2D eigenvalue weighted by Gasteiger charge is 2.09. The van der Waals surface area contributed by atoms with E-state index in [0.717, 1.165) is 57.6 Å². The molecule has 0 atom stereocenters.